The molecular weight excluding hydrogens is 314 g/mol. The zero-order valence-electron chi connectivity index (χ0n) is 12.2. The topological polar surface area (TPSA) is 21.3 Å². The second kappa shape index (κ2) is 6.91. The molecule has 0 atom stereocenters. The summed E-state index contributed by atoms with van der Waals surface area (Å²) in [5.41, 5.74) is 3.68. The van der Waals surface area contributed by atoms with Crippen molar-refractivity contribution < 1.29 is 4.74 Å². The van der Waals surface area contributed by atoms with Gasteiger partial charge in [-0.25, -0.2) is 0 Å². The van der Waals surface area contributed by atoms with Crippen molar-refractivity contribution in [3.8, 4) is 11.5 Å². The summed E-state index contributed by atoms with van der Waals surface area (Å²) in [6.07, 6.45) is 0. The third kappa shape index (κ3) is 3.84. The first-order valence-corrected chi connectivity index (χ1v) is 7.63. The van der Waals surface area contributed by atoms with Crippen molar-refractivity contribution in [1.82, 2.24) is 5.32 Å². The largest absolute Gasteiger partial charge is 0.457 e. The third-order valence-corrected chi connectivity index (χ3v) is 3.79. The van der Waals surface area contributed by atoms with Gasteiger partial charge in [-0.2, -0.15) is 0 Å². The summed E-state index contributed by atoms with van der Waals surface area (Å²) in [5.74, 6) is 1.77. The molecule has 0 saturated carbocycles. The smallest absolute Gasteiger partial charge is 0.133 e. The lowest BCUT2D eigenvalue weighted by Gasteiger charge is -2.13. The van der Waals surface area contributed by atoms with Crippen LogP contribution in [0.2, 0.25) is 0 Å². The molecule has 2 rings (SSSR count). The molecule has 0 fully saturated rings. The third-order valence-electron chi connectivity index (χ3n) is 3.30. The van der Waals surface area contributed by atoms with Crippen molar-refractivity contribution in [2.75, 3.05) is 6.54 Å². The molecule has 0 bridgehead atoms. The number of ether oxygens (including phenoxy) is 1. The average Bonchev–Trinajstić information content (AvgIpc) is 2.42. The summed E-state index contributed by atoms with van der Waals surface area (Å²) in [5, 5.41) is 3.34. The van der Waals surface area contributed by atoms with E-state index in [2.05, 4.69) is 60.2 Å². The van der Waals surface area contributed by atoms with Crippen LogP contribution in [0.15, 0.2) is 40.9 Å². The zero-order valence-corrected chi connectivity index (χ0v) is 13.8. The van der Waals surface area contributed by atoms with Gasteiger partial charge in [0.2, 0.25) is 0 Å². The number of benzene rings is 2. The molecule has 0 unspecified atom stereocenters. The molecule has 2 aromatic rings. The maximum absolute atomic E-state index is 6.05. The second-order valence-corrected chi connectivity index (χ2v) is 5.80. The van der Waals surface area contributed by atoms with Crippen LogP contribution in [0.5, 0.6) is 11.5 Å². The van der Waals surface area contributed by atoms with Crippen LogP contribution < -0.4 is 10.1 Å². The van der Waals surface area contributed by atoms with Crippen molar-refractivity contribution >= 4 is 15.9 Å². The SMILES string of the molecule is CCNCc1ccc(Br)cc1Oc1ccc(C)c(C)c1. The van der Waals surface area contributed by atoms with Crippen LogP contribution in [-0.2, 0) is 6.54 Å². The Morgan fingerprint density at radius 2 is 1.85 bits per heavy atom. The molecule has 0 aliphatic heterocycles. The molecule has 0 heterocycles. The van der Waals surface area contributed by atoms with Crippen LogP contribution in [0.25, 0.3) is 0 Å². The van der Waals surface area contributed by atoms with E-state index < -0.39 is 0 Å². The highest BCUT2D eigenvalue weighted by atomic mass is 79.9. The molecular formula is C17H20BrNO. The van der Waals surface area contributed by atoms with Crippen LogP contribution in [-0.4, -0.2) is 6.54 Å². The summed E-state index contributed by atoms with van der Waals surface area (Å²) in [7, 11) is 0. The van der Waals surface area contributed by atoms with Gasteiger partial charge < -0.3 is 10.1 Å². The summed E-state index contributed by atoms with van der Waals surface area (Å²) >= 11 is 3.50. The quantitative estimate of drug-likeness (QED) is 0.834. The van der Waals surface area contributed by atoms with Crippen molar-refractivity contribution in [2.24, 2.45) is 0 Å². The highest BCUT2D eigenvalue weighted by Crippen LogP contribution is 2.29. The first kappa shape index (κ1) is 15.1. The minimum absolute atomic E-state index is 0.809. The Kier molecular flexibility index (Phi) is 5.21. The predicted molar refractivity (Wildman–Crippen MR) is 87.5 cm³/mol. The first-order chi connectivity index (χ1) is 9.60. The standard InChI is InChI=1S/C17H20BrNO/c1-4-19-11-14-6-7-15(18)10-17(14)20-16-8-5-12(2)13(3)9-16/h5-10,19H,4,11H2,1-3H3. The van der Waals surface area contributed by atoms with Crippen LogP contribution in [0.3, 0.4) is 0 Å². The van der Waals surface area contributed by atoms with E-state index in [0.29, 0.717) is 0 Å². The maximum atomic E-state index is 6.05. The number of halogens is 1. The van der Waals surface area contributed by atoms with Gasteiger partial charge in [0, 0.05) is 16.6 Å². The van der Waals surface area contributed by atoms with Gasteiger partial charge in [0.05, 0.1) is 0 Å². The summed E-state index contributed by atoms with van der Waals surface area (Å²) in [4.78, 5) is 0. The summed E-state index contributed by atoms with van der Waals surface area (Å²) < 4.78 is 7.08. The maximum Gasteiger partial charge on any atom is 0.133 e. The van der Waals surface area contributed by atoms with Gasteiger partial charge in [0.25, 0.3) is 0 Å². The highest BCUT2D eigenvalue weighted by Gasteiger charge is 2.06. The van der Waals surface area contributed by atoms with Crippen LogP contribution in [0.1, 0.15) is 23.6 Å². The molecule has 2 aromatic carbocycles. The molecule has 0 radical (unpaired) electrons. The summed E-state index contributed by atoms with van der Waals surface area (Å²) in [6, 6.07) is 12.3. The van der Waals surface area contributed by atoms with E-state index in [1.807, 2.05) is 18.2 Å². The van der Waals surface area contributed by atoms with Crippen LogP contribution >= 0.6 is 15.9 Å². The van der Waals surface area contributed by atoms with E-state index in [0.717, 1.165) is 34.6 Å². The second-order valence-electron chi connectivity index (χ2n) is 4.88. The van der Waals surface area contributed by atoms with Gasteiger partial charge in [-0.05, 0) is 55.8 Å². The monoisotopic (exact) mass is 333 g/mol. The number of nitrogens with one attached hydrogen (secondary N) is 1. The van der Waals surface area contributed by atoms with E-state index in [4.69, 9.17) is 4.74 Å². The number of hydrogen-bond acceptors (Lipinski definition) is 2. The minimum Gasteiger partial charge on any atom is -0.457 e. The van der Waals surface area contributed by atoms with Gasteiger partial charge >= 0.3 is 0 Å². The Hall–Kier alpha value is -1.32. The van der Waals surface area contributed by atoms with Crippen molar-refractivity contribution in [1.29, 1.82) is 0 Å². The fraction of sp³-hybridized carbons (Fsp3) is 0.294. The zero-order chi connectivity index (χ0) is 14.5. The Morgan fingerprint density at radius 3 is 2.55 bits per heavy atom. The van der Waals surface area contributed by atoms with Gasteiger partial charge in [0.1, 0.15) is 11.5 Å². The normalized spacial score (nSPS) is 10.6. The van der Waals surface area contributed by atoms with Crippen LogP contribution in [0.4, 0.5) is 0 Å². The summed E-state index contributed by atoms with van der Waals surface area (Å²) in [6.45, 7) is 8.06. The van der Waals surface area contributed by atoms with E-state index in [-0.39, 0.29) is 0 Å². The Morgan fingerprint density at radius 1 is 1.05 bits per heavy atom. The van der Waals surface area contributed by atoms with Gasteiger partial charge in [-0.15, -0.1) is 0 Å². The lowest BCUT2D eigenvalue weighted by atomic mass is 10.1. The average molecular weight is 334 g/mol. The molecule has 0 spiro atoms. The lowest BCUT2D eigenvalue weighted by molar-refractivity contribution is 0.472. The Balaban J connectivity index is 2.26. The van der Waals surface area contributed by atoms with Gasteiger partial charge in [-0.3, -0.25) is 0 Å². The Bertz CT molecular complexity index is 596. The fourth-order valence-corrected chi connectivity index (χ4v) is 2.27. The molecule has 2 nitrogen and oxygen atoms in total. The first-order valence-electron chi connectivity index (χ1n) is 6.84. The molecule has 0 saturated heterocycles. The molecule has 3 heteroatoms. The number of rotatable bonds is 5. The lowest BCUT2D eigenvalue weighted by Crippen LogP contribution is -2.12. The fourth-order valence-electron chi connectivity index (χ4n) is 1.93. The molecule has 106 valence electrons. The predicted octanol–water partition coefficient (Wildman–Crippen LogP) is 4.97. The van der Waals surface area contributed by atoms with E-state index in [1.165, 1.54) is 11.1 Å². The van der Waals surface area contributed by atoms with Gasteiger partial charge in [0.15, 0.2) is 0 Å². The molecule has 0 amide bonds. The van der Waals surface area contributed by atoms with Gasteiger partial charge in [-0.1, -0.05) is 35.0 Å². The molecule has 0 aliphatic rings. The van der Waals surface area contributed by atoms with Crippen LogP contribution in [0, 0.1) is 13.8 Å². The highest BCUT2D eigenvalue weighted by molar-refractivity contribution is 9.10. The Labute approximate surface area is 129 Å². The molecule has 1 N–H and O–H groups in total. The van der Waals surface area contributed by atoms with Crippen molar-refractivity contribution in [2.45, 2.75) is 27.3 Å². The molecule has 20 heavy (non-hydrogen) atoms. The van der Waals surface area contributed by atoms with E-state index >= 15 is 0 Å². The minimum atomic E-state index is 0.809. The van der Waals surface area contributed by atoms with Crippen molar-refractivity contribution in [3.63, 3.8) is 0 Å². The van der Waals surface area contributed by atoms with E-state index in [9.17, 15) is 0 Å². The number of hydrogen-bond donors (Lipinski definition) is 1. The molecule has 0 aromatic heterocycles. The van der Waals surface area contributed by atoms with Crippen molar-refractivity contribution in [3.05, 3.63) is 57.6 Å². The number of aryl methyl sites for hydroxylation is 2. The van der Waals surface area contributed by atoms with E-state index in [1.54, 1.807) is 0 Å². The molecule has 0 aliphatic carbocycles.